The molecule has 11 aliphatic rings. The van der Waals surface area contributed by atoms with Crippen LogP contribution in [0.1, 0.15) is 110 Å². The van der Waals surface area contributed by atoms with Crippen molar-refractivity contribution in [2.24, 2.45) is 22.7 Å². The van der Waals surface area contributed by atoms with Crippen molar-refractivity contribution in [1.82, 2.24) is 5.32 Å². The van der Waals surface area contributed by atoms with E-state index < -0.39 is 84.8 Å². The first-order valence-electron chi connectivity index (χ1n) is 23.1. The Morgan fingerprint density at radius 2 is 1.72 bits per heavy atom. The summed E-state index contributed by atoms with van der Waals surface area (Å²) in [5.74, 6) is -1.61. The van der Waals surface area contributed by atoms with Crippen LogP contribution in [0, 0.1) is 17.8 Å². The zero-order valence-corrected chi connectivity index (χ0v) is 35.5. The number of ketones is 1. The zero-order valence-electron chi connectivity index (χ0n) is 35.5. The van der Waals surface area contributed by atoms with Crippen molar-refractivity contribution in [3.63, 3.8) is 0 Å². The maximum Gasteiger partial charge on any atom is 0.249 e. The Balaban J connectivity index is 0.998. The molecule has 334 valence electrons. The van der Waals surface area contributed by atoms with Crippen LogP contribution in [0.15, 0.2) is 17.1 Å². The van der Waals surface area contributed by atoms with Gasteiger partial charge in [-0.1, -0.05) is 13.5 Å². The molecule has 15 nitrogen and oxygen atoms in total. The van der Waals surface area contributed by atoms with Crippen LogP contribution < -0.4 is 5.32 Å². The Hall–Kier alpha value is -1.89. The Morgan fingerprint density at radius 1 is 0.900 bits per heavy atom. The largest absolute Gasteiger partial charge is 0.390 e. The highest BCUT2D eigenvalue weighted by atomic mass is 16.7. The van der Waals surface area contributed by atoms with Gasteiger partial charge in [-0.15, -0.1) is 0 Å². The van der Waals surface area contributed by atoms with Crippen LogP contribution in [0.25, 0.3) is 0 Å². The molecule has 1 amide bonds. The fraction of sp³-hybridized carbons (Fsp3) is 0.889. The van der Waals surface area contributed by atoms with E-state index >= 15 is 0 Å². The number of fused-ring (bicyclic) bond motifs is 8. The summed E-state index contributed by atoms with van der Waals surface area (Å²) in [4.78, 5) is 32.8. The first kappa shape index (κ1) is 42.1. The van der Waals surface area contributed by atoms with E-state index in [0.29, 0.717) is 51.4 Å². The number of carbonyl (C=O) groups excluding carboxylic acids is 2. The predicted octanol–water partition coefficient (Wildman–Crippen LogP) is 3.23. The van der Waals surface area contributed by atoms with Gasteiger partial charge in [-0.05, 0) is 75.2 Å². The van der Waals surface area contributed by atoms with Crippen LogP contribution in [0.3, 0.4) is 0 Å². The van der Waals surface area contributed by atoms with Gasteiger partial charge in [-0.2, -0.15) is 0 Å². The molecule has 3 N–H and O–H groups in total. The van der Waals surface area contributed by atoms with Crippen LogP contribution in [0.4, 0.5) is 0 Å². The molecule has 11 rings (SSSR count). The lowest BCUT2D eigenvalue weighted by atomic mass is 9.79. The maximum atomic E-state index is 14.3. The number of aliphatic hydroxyl groups is 2. The van der Waals surface area contributed by atoms with Gasteiger partial charge in [-0.3, -0.25) is 14.6 Å². The summed E-state index contributed by atoms with van der Waals surface area (Å²) >= 11 is 0. The number of carbonyl (C=O) groups is 2. The summed E-state index contributed by atoms with van der Waals surface area (Å²) in [5, 5.41) is 24.7. The molecule has 7 saturated heterocycles. The van der Waals surface area contributed by atoms with Gasteiger partial charge in [0, 0.05) is 77.3 Å². The minimum Gasteiger partial charge on any atom is -0.390 e. The number of ether oxygens (including phenoxy) is 9. The highest BCUT2D eigenvalue weighted by Gasteiger charge is 2.66. The second-order valence-corrected chi connectivity index (χ2v) is 19.9. The van der Waals surface area contributed by atoms with E-state index in [0.717, 1.165) is 49.8 Å². The van der Waals surface area contributed by atoms with Crippen molar-refractivity contribution in [2.75, 3.05) is 20.8 Å². The molecule has 11 bridgehead atoms. The topological polar surface area (TPSA) is 182 Å². The lowest BCUT2D eigenvalue weighted by Crippen LogP contribution is -2.66. The number of nitrogens with zero attached hydrogens (tertiary/aromatic N) is 1. The molecule has 1 aliphatic carbocycles. The van der Waals surface area contributed by atoms with E-state index in [1.807, 2.05) is 0 Å². The van der Waals surface area contributed by atoms with Gasteiger partial charge in [0.1, 0.15) is 30.2 Å². The summed E-state index contributed by atoms with van der Waals surface area (Å²) in [6, 6.07) is 0. The number of hydrogen-bond acceptors (Lipinski definition) is 14. The average Bonchev–Trinajstić information content (AvgIpc) is 3.87. The van der Waals surface area contributed by atoms with Crippen LogP contribution in [0.5, 0.6) is 0 Å². The first-order valence-corrected chi connectivity index (χ1v) is 23.1. The summed E-state index contributed by atoms with van der Waals surface area (Å²) in [7, 11) is 3.27. The van der Waals surface area contributed by atoms with E-state index in [9.17, 15) is 19.8 Å². The lowest BCUT2D eigenvalue weighted by Gasteiger charge is -2.54. The normalized spacial score (nSPS) is 48.5. The highest BCUT2D eigenvalue weighted by Crippen LogP contribution is 2.54. The van der Waals surface area contributed by atoms with E-state index in [-0.39, 0.29) is 67.1 Å². The fourth-order valence-electron chi connectivity index (χ4n) is 12.4. The number of aliphatic hydroxyl groups excluding tert-OH is 2. The molecule has 8 fully saturated rings. The third kappa shape index (κ3) is 7.87. The van der Waals surface area contributed by atoms with Gasteiger partial charge in [0.05, 0.1) is 67.1 Å². The summed E-state index contributed by atoms with van der Waals surface area (Å²) in [5.41, 5.74) is 0.734. The number of hydrogen-bond donors (Lipinski definition) is 3. The summed E-state index contributed by atoms with van der Waals surface area (Å²) in [6.45, 7) is 6.86. The Kier molecular flexibility index (Phi) is 11.6. The number of aliphatic imine (C=N–C) groups is 1. The van der Waals surface area contributed by atoms with Crippen molar-refractivity contribution in [3.8, 4) is 0 Å². The quantitative estimate of drug-likeness (QED) is 0.304. The fourth-order valence-corrected chi connectivity index (χ4v) is 12.4. The number of amides is 1. The van der Waals surface area contributed by atoms with Crippen molar-refractivity contribution in [1.29, 1.82) is 0 Å². The third-order valence-electron chi connectivity index (χ3n) is 15.7. The molecule has 0 radical (unpaired) electrons. The Labute approximate surface area is 352 Å². The number of nitrogens with one attached hydrogen (secondary N) is 1. The molecule has 2 spiro atoms. The zero-order chi connectivity index (χ0) is 41.5. The van der Waals surface area contributed by atoms with E-state index in [1.54, 1.807) is 14.2 Å². The maximum absolute atomic E-state index is 14.3. The van der Waals surface area contributed by atoms with E-state index in [1.165, 1.54) is 0 Å². The smallest absolute Gasteiger partial charge is 0.249 e. The minimum atomic E-state index is -1.25. The molecule has 1 saturated carbocycles. The van der Waals surface area contributed by atoms with Gasteiger partial charge < -0.3 is 58.2 Å². The molecule has 10 aliphatic heterocycles. The molecule has 15 heteroatoms. The molecular weight excluding hydrogens is 776 g/mol. The molecule has 0 aromatic rings. The first-order chi connectivity index (χ1) is 28.9. The number of rotatable bonds is 8. The second-order valence-electron chi connectivity index (χ2n) is 19.9. The number of Topliss-reactive ketones (excluding diaryl/α,β-unsaturated/α-hetero) is 1. The molecule has 0 aromatic heterocycles. The minimum absolute atomic E-state index is 0.0241. The molecule has 0 aromatic carbocycles. The second kappa shape index (κ2) is 16.6. The molecular formula is C45H66N2O13. The SMILES string of the molecule is C=C1C[C@@H]2CC[C@]34C[C@@H](O)[C@H](O3)[C@H]3C[C@@H](O4)[C@]45N=C6[C@H](C)C[C@H](CC[C@@H]1O2)O[C@@H]6C[C@@H]1O[C@H](C[C@@H](CNC(=O)[C@@H](O)C2CC2)OC)[C@H](OC)[C@H]1CC(=O)C[C@@H](CC[C@@H]4O3)O5. The standard InChI is InChI=1S/C45H66N2O13/c1-22-13-27-11-12-44-20-31(49)42(60-44)36-19-38(59-44)45-37(57-36)10-8-28(58-45)15-25(48)16-30-33(18-34-39(47-45)23(2)14-26(55-34)7-9-32(22)54-27)56-35(41(30)53-4)17-29(52-3)21-46-43(51)40(50)24-5-6-24/h23-24,26-38,40-42,49-50H,1,5-21H2,2-4H3,(H,46,51)/t23-,26+,27+,28-,29+,30+,31-,32+,33+,34-,35-,36-,37+,38-,40+,41-,42+,44-,45+/m1/s1. The van der Waals surface area contributed by atoms with Gasteiger partial charge in [-0.25, -0.2) is 0 Å². The van der Waals surface area contributed by atoms with Crippen molar-refractivity contribution >= 4 is 17.4 Å². The monoisotopic (exact) mass is 842 g/mol. The van der Waals surface area contributed by atoms with Crippen molar-refractivity contribution in [3.05, 3.63) is 12.2 Å². The lowest BCUT2D eigenvalue weighted by molar-refractivity contribution is -0.316. The van der Waals surface area contributed by atoms with Gasteiger partial charge in [0.2, 0.25) is 11.6 Å². The van der Waals surface area contributed by atoms with Crippen molar-refractivity contribution < 1.29 is 62.4 Å². The molecule has 19 atom stereocenters. The molecule has 60 heavy (non-hydrogen) atoms. The van der Waals surface area contributed by atoms with Crippen LogP contribution >= 0.6 is 0 Å². The van der Waals surface area contributed by atoms with Gasteiger partial charge in [0.15, 0.2) is 5.79 Å². The number of methoxy groups -OCH3 is 2. The predicted molar refractivity (Wildman–Crippen MR) is 213 cm³/mol. The van der Waals surface area contributed by atoms with Crippen LogP contribution in [-0.4, -0.2) is 151 Å². The Bertz CT molecular complexity index is 1680. The molecule has 10 heterocycles. The highest BCUT2D eigenvalue weighted by molar-refractivity contribution is 5.92. The van der Waals surface area contributed by atoms with E-state index in [2.05, 4.69) is 18.8 Å². The van der Waals surface area contributed by atoms with Gasteiger partial charge in [0.25, 0.3) is 0 Å². The van der Waals surface area contributed by atoms with Gasteiger partial charge >= 0.3 is 0 Å². The van der Waals surface area contributed by atoms with Crippen LogP contribution in [-0.2, 0) is 52.2 Å². The van der Waals surface area contributed by atoms with Crippen molar-refractivity contribution in [2.45, 2.75) is 213 Å². The summed E-state index contributed by atoms with van der Waals surface area (Å²) in [6.07, 6.45) is 2.98. The average molecular weight is 843 g/mol. The third-order valence-corrected chi connectivity index (χ3v) is 15.7. The molecule has 0 unspecified atom stereocenters. The Morgan fingerprint density at radius 3 is 2.52 bits per heavy atom. The van der Waals surface area contributed by atoms with E-state index in [4.69, 9.17) is 47.6 Å². The van der Waals surface area contributed by atoms with Crippen LogP contribution in [0.2, 0.25) is 0 Å². The summed E-state index contributed by atoms with van der Waals surface area (Å²) < 4.78 is 61.0.